The SMILES string of the molecule is CCCC(C#N)C(=O)N1CCCC(C)C1C. The fourth-order valence-electron chi connectivity index (χ4n) is 2.38. The summed E-state index contributed by atoms with van der Waals surface area (Å²) in [5.74, 6) is 0.166. The van der Waals surface area contributed by atoms with E-state index < -0.39 is 5.92 Å². The summed E-state index contributed by atoms with van der Waals surface area (Å²) in [6.45, 7) is 7.12. The van der Waals surface area contributed by atoms with Crippen molar-refractivity contribution in [3.05, 3.63) is 0 Å². The second kappa shape index (κ2) is 5.89. The van der Waals surface area contributed by atoms with Crippen molar-refractivity contribution in [2.75, 3.05) is 6.54 Å². The molecular formula is C13H22N2O. The molecule has 3 unspecified atom stereocenters. The molecule has 1 rings (SSSR count). The number of hydrogen-bond donors (Lipinski definition) is 0. The first-order valence-electron chi connectivity index (χ1n) is 6.31. The molecule has 0 aliphatic carbocycles. The van der Waals surface area contributed by atoms with E-state index in [0.29, 0.717) is 12.3 Å². The summed E-state index contributed by atoms with van der Waals surface area (Å²) in [5.41, 5.74) is 0. The van der Waals surface area contributed by atoms with E-state index in [1.54, 1.807) is 0 Å². The first-order chi connectivity index (χ1) is 7.61. The van der Waals surface area contributed by atoms with Crippen LogP contribution in [0.25, 0.3) is 0 Å². The number of carbonyl (C=O) groups excluding carboxylic acids is 1. The van der Waals surface area contributed by atoms with Gasteiger partial charge in [-0.25, -0.2) is 0 Å². The molecule has 0 aromatic rings. The van der Waals surface area contributed by atoms with Crippen molar-refractivity contribution >= 4 is 5.91 Å². The van der Waals surface area contributed by atoms with Gasteiger partial charge in [-0.2, -0.15) is 5.26 Å². The van der Waals surface area contributed by atoms with Crippen molar-refractivity contribution in [1.82, 2.24) is 4.90 Å². The highest BCUT2D eigenvalue weighted by Gasteiger charge is 2.31. The van der Waals surface area contributed by atoms with Gasteiger partial charge in [0.25, 0.3) is 0 Å². The number of hydrogen-bond acceptors (Lipinski definition) is 2. The molecule has 0 aromatic carbocycles. The van der Waals surface area contributed by atoms with Crippen molar-refractivity contribution in [2.24, 2.45) is 11.8 Å². The summed E-state index contributed by atoms with van der Waals surface area (Å²) in [5, 5.41) is 9.01. The minimum atomic E-state index is -0.433. The average Bonchev–Trinajstić information content (AvgIpc) is 2.29. The van der Waals surface area contributed by atoms with Gasteiger partial charge in [0.15, 0.2) is 0 Å². The minimum Gasteiger partial charge on any atom is -0.339 e. The normalized spacial score (nSPS) is 27.2. The van der Waals surface area contributed by atoms with Crippen LogP contribution in [0.5, 0.6) is 0 Å². The van der Waals surface area contributed by atoms with E-state index in [0.717, 1.165) is 19.4 Å². The molecule has 1 aliphatic heterocycles. The third kappa shape index (κ3) is 2.75. The monoisotopic (exact) mass is 222 g/mol. The molecule has 0 saturated carbocycles. The molecule has 3 nitrogen and oxygen atoms in total. The van der Waals surface area contributed by atoms with E-state index >= 15 is 0 Å². The Balaban J connectivity index is 2.68. The number of likely N-dealkylation sites (tertiary alicyclic amines) is 1. The lowest BCUT2D eigenvalue weighted by Gasteiger charge is -2.38. The zero-order valence-corrected chi connectivity index (χ0v) is 10.6. The van der Waals surface area contributed by atoms with Crippen molar-refractivity contribution in [3.8, 4) is 6.07 Å². The predicted molar refractivity (Wildman–Crippen MR) is 63.6 cm³/mol. The van der Waals surface area contributed by atoms with E-state index in [1.165, 1.54) is 6.42 Å². The molecule has 3 atom stereocenters. The highest BCUT2D eigenvalue weighted by molar-refractivity contribution is 5.81. The lowest BCUT2D eigenvalue weighted by atomic mass is 9.90. The zero-order chi connectivity index (χ0) is 12.1. The molecule has 0 bridgehead atoms. The highest BCUT2D eigenvalue weighted by atomic mass is 16.2. The van der Waals surface area contributed by atoms with Gasteiger partial charge in [0, 0.05) is 12.6 Å². The van der Waals surface area contributed by atoms with Crippen LogP contribution in [0.3, 0.4) is 0 Å². The van der Waals surface area contributed by atoms with Crippen molar-refractivity contribution in [1.29, 1.82) is 5.26 Å². The van der Waals surface area contributed by atoms with E-state index in [9.17, 15) is 4.79 Å². The second-order valence-electron chi connectivity index (χ2n) is 4.86. The van der Waals surface area contributed by atoms with Crippen LogP contribution in [-0.4, -0.2) is 23.4 Å². The number of nitriles is 1. The zero-order valence-electron chi connectivity index (χ0n) is 10.6. The molecule has 1 amide bonds. The Morgan fingerprint density at radius 3 is 2.81 bits per heavy atom. The summed E-state index contributed by atoms with van der Waals surface area (Å²) in [7, 11) is 0. The minimum absolute atomic E-state index is 0.0448. The molecule has 1 aliphatic rings. The fourth-order valence-corrected chi connectivity index (χ4v) is 2.38. The van der Waals surface area contributed by atoms with Gasteiger partial charge in [-0.05, 0) is 32.1 Å². The smallest absolute Gasteiger partial charge is 0.240 e. The maximum atomic E-state index is 12.2. The Kier molecular flexibility index (Phi) is 4.79. The van der Waals surface area contributed by atoms with E-state index in [1.807, 2.05) is 11.8 Å². The lowest BCUT2D eigenvalue weighted by Crippen LogP contribution is -2.48. The Labute approximate surface area is 98.4 Å². The molecule has 3 heteroatoms. The Hall–Kier alpha value is -1.04. The number of carbonyl (C=O) groups is 1. The molecule has 90 valence electrons. The van der Waals surface area contributed by atoms with Gasteiger partial charge < -0.3 is 4.90 Å². The maximum Gasteiger partial charge on any atom is 0.240 e. The summed E-state index contributed by atoms with van der Waals surface area (Å²) in [4.78, 5) is 14.1. The summed E-state index contributed by atoms with van der Waals surface area (Å²) >= 11 is 0. The summed E-state index contributed by atoms with van der Waals surface area (Å²) in [6.07, 6.45) is 3.84. The number of rotatable bonds is 3. The van der Waals surface area contributed by atoms with Crippen LogP contribution in [0.15, 0.2) is 0 Å². The largest absolute Gasteiger partial charge is 0.339 e. The van der Waals surface area contributed by atoms with E-state index in [-0.39, 0.29) is 11.9 Å². The quantitative estimate of drug-likeness (QED) is 0.736. The predicted octanol–water partition coefficient (Wildman–Crippen LogP) is 2.57. The van der Waals surface area contributed by atoms with Crippen LogP contribution < -0.4 is 0 Å². The van der Waals surface area contributed by atoms with E-state index in [2.05, 4.69) is 19.9 Å². The number of amides is 1. The molecule has 0 radical (unpaired) electrons. The van der Waals surface area contributed by atoms with Crippen molar-refractivity contribution in [3.63, 3.8) is 0 Å². The Bertz CT molecular complexity index is 282. The topological polar surface area (TPSA) is 44.1 Å². The van der Waals surface area contributed by atoms with Gasteiger partial charge in [0.2, 0.25) is 5.91 Å². The van der Waals surface area contributed by atoms with Gasteiger partial charge in [-0.1, -0.05) is 20.3 Å². The molecule has 1 saturated heterocycles. The summed E-state index contributed by atoms with van der Waals surface area (Å²) in [6, 6.07) is 2.43. The Morgan fingerprint density at radius 1 is 1.56 bits per heavy atom. The third-order valence-electron chi connectivity index (χ3n) is 3.69. The molecular weight excluding hydrogens is 200 g/mol. The molecule has 1 heterocycles. The van der Waals surface area contributed by atoms with E-state index in [4.69, 9.17) is 5.26 Å². The molecule has 0 N–H and O–H groups in total. The van der Waals surface area contributed by atoms with Crippen LogP contribution in [0.2, 0.25) is 0 Å². The first kappa shape index (κ1) is 13.0. The van der Waals surface area contributed by atoms with Crippen LogP contribution in [0, 0.1) is 23.2 Å². The number of nitrogens with zero attached hydrogens (tertiary/aromatic N) is 2. The second-order valence-corrected chi connectivity index (χ2v) is 4.86. The maximum absolute atomic E-state index is 12.2. The average molecular weight is 222 g/mol. The van der Waals surface area contributed by atoms with Crippen molar-refractivity contribution in [2.45, 2.75) is 52.5 Å². The van der Waals surface area contributed by atoms with Gasteiger partial charge in [0.05, 0.1) is 6.07 Å². The van der Waals surface area contributed by atoms with Crippen LogP contribution >= 0.6 is 0 Å². The van der Waals surface area contributed by atoms with Gasteiger partial charge >= 0.3 is 0 Å². The number of piperidine rings is 1. The fraction of sp³-hybridized carbons (Fsp3) is 0.846. The van der Waals surface area contributed by atoms with Gasteiger partial charge in [-0.15, -0.1) is 0 Å². The molecule has 0 aromatic heterocycles. The lowest BCUT2D eigenvalue weighted by molar-refractivity contribution is -0.138. The van der Waals surface area contributed by atoms with Crippen LogP contribution in [-0.2, 0) is 4.79 Å². The highest BCUT2D eigenvalue weighted by Crippen LogP contribution is 2.25. The molecule has 16 heavy (non-hydrogen) atoms. The summed E-state index contributed by atoms with van der Waals surface area (Å²) < 4.78 is 0. The first-order valence-corrected chi connectivity index (χ1v) is 6.31. The van der Waals surface area contributed by atoms with Gasteiger partial charge in [-0.3, -0.25) is 4.79 Å². The molecule has 0 spiro atoms. The van der Waals surface area contributed by atoms with Crippen LogP contribution in [0.4, 0.5) is 0 Å². The standard InChI is InChI=1S/C13H22N2O/c1-4-6-12(9-14)13(16)15-8-5-7-10(2)11(15)3/h10-12H,4-8H2,1-3H3. The molecule has 1 fully saturated rings. The Morgan fingerprint density at radius 2 is 2.25 bits per heavy atom. The van der Waals surface area contributed by atoms with Gasteiger partial charge in [0.1, 0.15) is 5.92 Å². The van der Waals surface area contributed by atoms with Crippen LogP contribution in [0.1, 0.15) is 46.5 Å². The third-order valence-corrected chi connectivity index (χ3v) is 3.69. The van der Waals surface area contributed by atoms with Crippen molar-refractivity contribution < 1.29 is 4.79 Å².